The first-order valence-corrected chi connectivity index (χ1v) is 15.3. The Morgan fingerprint density at radius 3 is 1.94 bits per heavy atom. The molecule has 0 bridgehead atoms. The van der Waals surface area contributed by atoms with Crippen LogP contribution in [0, 0.1) is 23.7 Å². The van der Waals surface area contributed by atoms with Crippen LogP contribution in [-0.4, -0.2) is 0 Å². The molecule has 0 saturated heterocycles. The summed E-state index contributed by atoms with van der Waals surface area (Å²) in [4.78, 5) is 0. The van der Waals surface area contributed by atoms with Crippen molar-refractivity contribution < 1.29 is 0 Å². The standard InChI is InChI=1S/C35H62/c1-28(2)14-9-15-29(3)16-10-17-30(4)18-11-19-31(5)20-12-21-32(6)22-13-23-34(8)35-26-24-33(7)25-27-35/h20,22,24,28-30,35H,8-19,21,23,25-27H2,1-7H3. The summed E-state index contributed by atoms with van der Waals surface area (Å²) in [5.41, 5.74) is 6.18. The Labute approximate surface area is 221 Å². The first-order chi connectivity index (χ1) is 16.7. The molecule has 0 N–H and O–H groups in total. The van der Waals surface area contributed by atoms with E-state index in [9.17, 15) is 0 Å². The minimum Gasteiger partial charge on any atom is -0.0996 e. The lowest BCUT2D eigenvalue weighted by Gasteiger charge is -2.22. The molecular formula is C35H62. The molecule has 1 aliphatic rings. The molecule has 0 amide bonds. The summed E-state index contributed by atoms with van der Waals surface area (Å²) in [6.45, 7) is 20.9. The third-order valence-electron chi connectivity index (χ3n) is 8.35. The Morgan fingerprint density at radius 2 is 1.37 bits per heavy atom. The van der Waals surface area contributed by atoms with Crippen LogP contribution in [0.25, 0.3) is 0 Å². The van der Waals surface area contributed by atoms with Crippen molar-refractivity contribution in [2.75, 3.05) is 0 Å². The van der Waals surface area contributed by atoms with Crippen molar-refractivity contribution in [1.82, 2.24) is 0 Å². The second kappa shape index (κ2) is 19.1. The second-order valence-electron chi connectivity index (χ2n) is 12.7. The van der Waals surface area contributed by atoms with Gasteiger partial charge in [-0.2, -0.15) is 0 Å². The number of hydrogen-bond donors (Lipinski definition) is 0. The summed E-state index contributed by atoms with van der Waals surface area (Å²) >= 11 is 0. The van der Waals surface area contributed by atoms with Crippen LogP contribution in [0.4, 0.5) is 0 Å². The van der Waals surface area contributed by atoms with E-state index in [1.807, 2.05) is 0 Å². The Kier molecular flexibility index (Phi) is 17.5. The van der Waals surface area contributed by atoms with Gasteiger partial charge >= 0.3 is 0 Å². The lowest BCUT2D eigenvalue weighted by molar-refractivity contribution is 0.389. The number of hydrogen-bond acceptors (Lipinski definition) is 0. The van der Waals surface area contributed by atoms with Gasteiger partial charge in [0.05, 0.1) is 0 Å². The average molecular weight is 483 g/mol. The van der Waals surface area contributed by atoms with Gasteiger partial charge in [0, 0.05) is 0 Å². The fourth-order valence-corrected chi connectivity index (χ4v) is 5.50. The van der Waals surface area contributed by atoms with Gasteiger partial charge in [-0.3, -0.25) is 0 Å². The van der Waals surface area contributed by atoms with Gasteiger partial charge in [-0.1, -0.05) is 120 Å². The Hall–Kier alpha value is -1.04. The van der Waals surface area contributed by atoms with E-state index in [4.69, 9.17) is 0 Å². The van der Waals surface area contributed by atoms with Crippen molar-refractivity contribution >= 4 is 0 Å². The molecule has 0 aromatic rings. The Morgan fingerprint density at radius 1 is 0.829 bits per heavy atom. The summed E-state index contributed by atoms with van der Waals surface area (Å²) < 4.78 is 0. The molecule has 0 radical (unpaired) electrons. The van der Waals surface area contributed by atoms with Crippen molar-refractivity contribution in [3.63, 3.8) is 0 Å². The summed E-state index contributed by atoms with van der Waals surface area (Å²) in [6, 6.07) is 0. The molecule has 0 nitrogen and oxygen atoms in total. The number of rotatable bonds is 19. The monoisotopic (exact) mass is 482 g/mol. The predicted octanol–water partition coefficient (Wildman–Crippen LogP) is 12.2. The normalized spacial score (nSPS) is 19.1. The van der Waals surface area contributed by atoms with Crippen molar-refractivity contribution in [1.29, 1.82) is 0 Å². The topological polar surface area (TPSA) is 0 Å². The van der Waals surface area contributed by atoms with Gasteiger partial charge in [0.15, 0.2) is 0 Å². The quantitative estimate of drug-likeness (QED) is 0.161. The lowest BCUT2D eigenvalue weighted by Crippen LogP contribution is -2.07. The van der Waals surface area contributed by atoms with Gasteiger partial charge in [-0.15, -0.1) is 0 Å². The van der Waals surface area contributed by atoms with Gasteiger partial charge < -0.3 is 0 Å². The minimum absolute atomic E-state index is 0.726. The molecule has 1 aliphatic carbocycles. The molecule has 0 aliphatic heterocycles. The van der Waals surface area contributed by atoms with Crippen molar-refractivity contribution in [3.8, 4) is 0 Å². The fourth-order valence-electron chi connectivity index (χ4n) is 5.50. The highest BCUT2D eigenvalue weighted by Crippen LogP contribution is 2.30. The van der Waals surface area contributed by atoms with E-state index in [0.29, 0.717) is 0 Å². The largest absolute Gasteiger partial charge is 0.0996 e. The van der Waals surface area contributed by atoms with Gasteiger partial charge in [-0.05, 0) is 102 Å². The molecule has 3 atom stereocenters. The molecule has 0 heteroatoms. The fraction of sp³-hybridized carbons (Fsp3) is 0.771. The third kappa shape index (κ3) is 17.1. The van der Waals surface area contributed by atoms with E-state index in [1.54, 1.807) is 16.7 Å². The van der Waals surface area contributed by atoms with Gasteiger partial charge in [-0.25, -0.2) is 0 Å². The van der Waals surface area contributed by atoms with Crippen LogP contribution in [0.3, 0.4) is 0 Å². The molecule has 202 valence electrons. The van der Waals surface area contributed by atoms with Gasteiger partial charge in [0.25, 0.3) is 0 Å². The van der Waals surface area contributed by atoms with Crippen LogP contribution in [0.15, 0.2) is 47.1 Å². The first kappa shape index (κ1) is 32.0. The van der Waals surface area contributed by atoms with Crippen LogP contribution >= 0.6 is 0 Å². The van der Waals surface area contributed by atoms with Crippen molar-refractivity contribution in [2.24, 2.45) is 23.7 Å². The van der Waals surface area contributed by atoms with Crippen LogP contribution in [-0.2, 0) is 0 Å². The average Bonchev–Trinajstić information content (AvgIpc) is 2.79. The molecule has 0 aromatic carbocycles. The van der Waals surface area contributed by atoms with E-state index in [2.05, 4.69) is 73.3 Å². The summed E-state index contributed by atoms with van der Waals surface area (Å²) in [5, 5.41) is 0. The van der Waals surface area contributed by atoms with E-state index >= 15 is 0 Å². The molecule has 0 aromatic heterocycles. The maximum absolute atomic E-state index is 4.40. The molecule has 35 heavy (non-hydrogen) atoms. The highest BCUT2D eigenvalue weighted by atomic mass is 14.2. The Bertz CT molecular complexity index is 656. The van der Waals surface area contributed by atoms with Gasteiger partial charge in [0.2, 0.25) is 0 Å². The van der Waals surface area contributed by atoms with Crippen LogP contribution in [0.2, 0.25) is 0 Å². The summed E-state index contributed by atoms with van der Waals surface area (Å²) in [5.74, 6) is 3.40. The van der Waals surface area contributed by atoms with E-state index < -0.39 is 0 Å². The lowest BCUT2D eigenvalue weighted by atomic mass is 9.83. The molecule has 0 spiro atoms. The van der Waals surface area contributed by atoms with Gasteiger partial charge in [0.1, 0.15) is 0 Å². The molecule has 3 unspecified atom stereocenters. The third-order valence-corrected chi connectivity index (χ3v) is 8.35. The maximum Gasteiger partial charge on any atom is -0.0168 e. The highest BCUT2D eigenvalue weighted by Gasteiger charge is 2.14. The molecule has 0 fully saturated rings. The van der Waals surface area contributed by atoms with E-state index in [1.165, 1.54) is 108 Å². The zero-order valence-electron chi connectivity index (χ0n) is 25.1. The highest BCUT2D eigenvalue weighted by molar-refractivity contribution is 5.13. The smallest absolute Gasteiger partial charge is 0.0168 e. The van der Waals surface area contributed by atoms with Crippen molar-refractivity contribution in [2.45, 2.75) is 151 Å². The van der Waals surface area contributed by atoms with E-state index in [0.717, 1.165) is 23.7 Å². The van der Waals surface area contributed by atoms with E-state index in [-0.39, 0.29) is 0 Å². The summed E-state index contributed by atoms with van der Waals surface area (Å²) in [6.07, 6.45) is 28.5. The molecule has 0 saturated carbocycles. The molecule has 0 heterocycles. The minimum atomic E-state index is 0.726. The van der Waals surface area contributed by atoms with Crippen LogP contribution in [0.1, 0.15) is 151 Å². The van der Waals surface area contributed by atoms with Crippen LogP contribution in [0.5, 0.6) is 0 Å². The maximum atomic E-state index is 4.40. The van der Waals surface area contributed by atoms with Crippen LogP contribution < -0.4 is 0 Å². The van der Waals surface area contributed by atoms with Crippen molar-refractivity contribution in [3.05, 3.63) is 47.1 Å². The zero-order chi connectivity index (χ0) is 26.1. The zero-order valence-corrected chi connectivity index (χ0v) is 25.1. The number of allylic oxidation sites excluding steroid dienone is 7. The SMILES string of the molecule is C=C(CCC=C(C)CCC=C(C)CCCC(C)CCCC(C)CCCC(C)C)C1CC=C(C)CC1. The first-order valence-electron chi connectivity index (χ1n) is 15.3. The Balaban J connectivity index is 2.09. The molecule has 1 rings (SSSR count). The second-order valence-corrected chi connectivity index (χ2v) is 12.7. The molecular weight excluding hydrogens is 420 g/mol. The summed E-state index contributed by atoms with van der Waals surface area (Å²) in [7, 11) is 0. The predicted molar refractivity (Wildman–Crippen MR) is 161 cm³/mol.